The SMILES string of the molecule is CNC(=O)c1nccc2c(-c3cnc(Nc4ccc(OC)cc4)cc3C)cn(COCC[Si](C)(C)C)c12. The van der Waals surface area contributed by atoms with Crippen molar-refractivity contribution in [1.29, 1.82) is 0 Å². The van der Waals surface area contributed by atoms with E-state index in [4.69, 9.17) is 9.47 Å². The van der Waals surface area contributed by atoms with Crippen LogP contribution in [0, 0.1) is 6.92 Å². The monoisotopic (exact) mass is 517 g/mol. The first-order chi connectivity index (χ1) is 17.7. The summed E-state index contributed by atoms with van der Waals surface area (Å²) in [4.78, 5) is 21.7. The van der Waals surface area contributed by atoms with E-state index in [0.29, 0.717) is 19.0 Å². The second-order valence-electron chi connectivity index (χ2n) is 10.2. The number of methoxy groups -OCH3 is 1. The van der Waals surface area contributed by atoms with Crippen LogP contribution in [-0.4, -0.2) is 49.3 Å². The molecule has 0 saturated heterocycles. The summed E-state index contributed by atoms with van der Waals surface area (Å²) >= 11 is 0. The maximum Gasteiger partial charge on any atom is 0.271 e. The van der Waals surface area contributed by atoms with Crippen molar-refractivity contribution >= 4 is 36.4 Å². The molecule has 4 aromatic rings. The predicted molar refractivity (Wildman–Crippen MR) is 151 cm³/mol. The molecule has 0 aliphatic rings. The molecule has 0 atom stereocenters. The second kappa shape index (κ2) is 11.1. The Morgan fingerprint density at radius 3 is 2.49 bits per heavy atom. The molecular weight excluding hydrogens is 482 g/mol. The number of aryl methyl sites for hydroxylation is 1. The number of benzene rings is 1. The molecule has 37 heavy (non-hydrogen) atoms. The van der Waals surface area contributed by atoms with Crippen molar-refractivity contribution < 1.29 is 14.3 Å². The third-order valence-corrected chi connectivity index (χ3v) is 7.92. The van der Waals surface area contributed by atoms with Crippen LogP contribution in [-0.2, 0) is 11.5 Å². The molecule has 194 valence electrons. The summed E-state index contributed by atoms with van der Waals surface area (Å²) in [7, 11) is 2.06. The number of ether oxygens (including phenoxy) is 2. The van der Waals surface area contributed by atoms with E-state index in [1.54, 1.807) is 20.4 Å². The van der Waals surface area contributed by atoms with Gasteiger partial charge in [0.25, 0.3) is 5.91 Å². The van der Waals surface area contributed by atoms with Gasteiger partial charge in [0, 0.05) is 62.5 Å². The Morgan fingerprint density at radius 2 is 1.84 bits per heavy atom. The van der Waals surface area contributed by atoms with Gasteiger partial charge in [0.05, 0.1) is 12.6 Å². The van der Waals surface area contributed by atoms with Gasteiger partial charge in [-0.05, 0) is 54.9 Å². The number of carbonyl (C=O) groups excluding carboxylic acids is 1. The number of fused-ring (bicyclic) bond motifs is 1. The van der Waals surface area contributed by atoms with E-state index in [1.165, 1.54) is 0 Å². The summed E-state index contributed by atoms with van der Waals surface area (Å²) in [5.74, 6) is 1.32. The fraction of sp³-hybridized carbons (Fsp3) is 0.321. The van der Waals surface area contributed by atoms with Crippen molar-refractivity contribution in [3.8, 4) is 16.9 Å². The zero-order chi connectivity index (χ0) is 26.6. The van der Waals surface area contributed by atoms with Crippen LogP contribution < -0.4 is 15.4 Å². The third kappa shape index (κ3) is 6.18. The lowest BCUT2D eigenvalue weighted by Gasteiger charge is -2.16. The molecule has 2 N–H and O–H groups in total. The first kappa shape index (κ1) is 26.4. The van der Waals surface area contributed by atoms with Gasteiger partial charge in [0.1, 0.15) is 18.3 Å². The van der Waals surface area contributed by atoms with E-state index in [2.05, 4.69) is 47.2 Å². The first-order valence-corrected chi connectivity index (χ1v) is 16.1. The number of nitrogens with zero attached hydrogens (tertiary/aromatic N) is 3. The Hall–Kier alpha value is -3.69. The quantitative estimate of drug-likeness (QED) is 0.203. The van der Waals surface area contributed by atoms with Crippen LogP contribution in [0.4, 0.5) is 11.5 Å². The Kier molecular flexibility index (Phi) is 7.94. The smallest absolute Gasteiger partial charge is 0.271 e. The molecule has 0 bridgehead atoms. The highest BCUT2D eigenvalue weighted by atomic mass is 28.3. The third-order valence-electron chi connectivity index (χ3n) is 6.22. The summed E-state index contributed by atoms with van der Waals surface area (Å²) in [6.07, 6.45) is 5.58. The second-order valence-corrected chi connectivity index (χ2v) is 15.9. The molecule has 0 saturated carbocycles. The van der Waals surface area contributed by atoms with Gasteiger partial charge in [-0.1, -0.05) is 19.6 Å². The van der Waals surface area contributed by atoms with Crippen LogP contribution in [0.5, 0.6) is 5.75 Å². The summed E-state index contributed by atoms with van der Waals surface area (Å²) < 4.78 is 13.3. The lowest BCUT2D eigenvalue weighted by Crippen LogP contribution is -2.22. The van der Waals surface area contributed by atoms with Crippen LogP contribution in [0.15, 0.2) is 55.0 Å². The molecule has 3 heterocycles. The van der Waals surface area contributed by atoms with Gasteiger partial charge >= 0.3 is 0 Å². The molecule has 0 fully saturated rings. The van der Waals surface area contributed by atoms with Crippen LogP contribution >= 0.6 is 0 Å². The van der Waals surface area contributed by atoms with E-state index in [-0.39, 0.29) is 5.91 Å². The van der Waals surface area contributed by atoms with Crippen LogP contribution in [0.2, 0.25) is 25.7 Å². The summed E-state index contributed by atoms with van der Waals surface area (Å²) in [5.41, 5.74) is 5.09. The largest absolute Gasteiger partial charge is 0.497 e. The van der Waals surface area contributed by atoms with Gasteiger partial charge in [0.2, 0.25) is 0 Å². The van der Waals surface area contributed by atoms with Gasteiger partial charge < -0.3 is 24.7 Å². The summed E-state index contributed by atoms with van der Waals surface area (Å²) in [6.45, 7) is 10.1. The fourth-order valence-corrected chi connectivity index (χ4v) is 4.88. The molecule has 0 aliphatic carbocycles. The van der Waals surface area contributed by atoms with Crippen molar-refractivity contribution in [2.24, 2.45) is 0 Å². The van der Waals surface area contributed by atoms with Crippen LogP contribution in [0.1, 0.15) is 16.1 Å². The number of hydrogen-bond donors (Lipinski definition) is 2. The average molecular weight is 518 g/mol. The Morgan fingerprint density at radius 1 is 1.08 bits per heavy atom. The molecule has 1 aromatic carbocycles. The molecule has 0 spiro atoms. The van der Waals surface area contributed by atoms with Crippen molar-refractivity contribution in [3.63, 3.8) is 0 Å². The molecule has 8 nitrogen and oxygen atoms in total. The lowest BCUT2D eigenvalue weighted by molar-refractivity contribution is 0.0895. The van der Waals surface area contributed by atoms with Gasteiger partial charge in [-0.25, -0.2) is 9.97 Å². The Balaban J connectivity index is 1.68. The van der Waals surface area contributed by atoms with Gasteiger partial charge in [-0.3, -0.25) is 4.79 Å². The van der Waals surface area contributed by atoms with Crippen LogP contribution in [0.25, 0.3) is 22.0 Å². The number of rotatable bonds is 10. The zero-order valence-corrected chi connectivity index (χ0v) is 23.4. The molecule has 9 heteroatoms. The highest BCUT2D eigenvalue weighted by molar-refractivity contribution is 6.76. The number of carbonyl (C=O) groups is 1. The number of pyridine rings is 2. The number of hydrogen-bond acceptors (Lipinski definition) is 6. The first-order valence-electron chi connectivity index (χ1n) is 12.4. The standard InChI is InChI=1S/C28H35N5O3Si/c1-19-15-25(32-20-7-9-21(35-3)10-8-20)31-16-23(19)24-17-33(18-36-13-14-37(4,5)6)27-22(24)11-12-30-26(27)28(34)29-2/h7-12,15-17H,13-14,18H2,1-6H3,(H,29,34)(H,31,32). The van der Waals surface area contributed by atoms with Crippen molar-refractivity contribution in [1.82, 2.24) is 19.9 Å². The maximum atomic E-state index is 12.7. The molecule has 1 amide bonds. The maximum absolute atomic E-state index is 12.7. The number of amides is 1. The molecule has 0 radical (unpaired) electrons. The topological polar surface area (TPSA) is 90.3 Å². The fourth-order valence-electron chi connectivity index (χ4n) is 4.12. The van der Waals surface area contributed by atoms with Gasteiger partial charge in [-0.2, -0.15) is 0 Å². The summed E-state index contributed by atoms with van der Waals surface area (Å²) in [6, 6.07) is 12.8. The molecule has 0 aliphatic heterocycles. The molecular formula is C28H35N5O3Si. The number of aromatic nitrogens is 3. The minimum atomic E-state index is -1.21. The predicted octanol–water partition coefficient (Wildman–Crippen LogP) is 5.83. The Labute approximate surface area is 219 Å². The lowest BCUT2D eigenvalue weighted by atomic mass is 10.0. The zero-order valence-electron chi connectivity index (χ0n) is 22.4. The van der Waals surface area contributed by atoms with E-state index < -0.39 is 8.07 Å². The number of anilines is 2. The van der Waals surface area contributed by atoms with E-state index in [0.717, 1.165) is 50.9 Å². The molecule has 0 unspecified atom stereocenters. The summed E-state index contributed by atoms with van der Waals surface area (Å²) in [5, 5.41) is 6.98. The van der Waals surface area contributed by atoms with Crippen molar-refractivity contribution in [3.05, 3.63) is 66.2 Å². The minimum absolute atomic E-state index is 0.229. The molecule has 3 aromatic heterocycles. The highest BCUT2D eigenvalue weighted by Gasteiger charge is 2.20. The molecule has 4 rings (SSSR count). The van der Waals surface area contributed by atoms with E-state index >= 15 is 0 Å². The highest BCUT2D eigenvalue weighted by Crippen LogP contribution is 2.34. The normalized spacial score (nSPS) is 11.5. The van der Waals surface area contributed by atoms with Crippen LogP contribution in [0.3, 0.4) is 0 Å². The number of nitrogens with one attached hydrogen (secondary N) is 2. The minimum Gasteiger partial charge on any atom is -0.497 e. The van der Waals surface area contributed by atoms with E-state index in [9.17, 15) is 4.79 Å². The Bertz CT molecular complexity index is 1390. The van der Waals surface area contributed by atoms with Crippen molar-refractivity contribution in [2.75, 3.05) is 26.1 Å². The van der Waals surface area contributed by atoms with E-state index in [1.807, 2.05) is 53.4 Å². The van der Waals surface area contributed by atoms with Crippen molar-refractivity contribution in [2.45, 2.75) is 39.3 Å². The van der Waals surface area contributed by atoms with Gasteiger partial charge in [-0.15, -0.1) is 0 Å². The van der Waals surface area contributed by atoms with Gasteiger partial charge in [0.15, 0.2) is 5.69 Å². The average Bonchev–Trinajstić information content (AvgIpc) is 3.24.